The molecule has 1 aromatic rings. The van der Waals surface area contributed by atoms with Crippen LogP contribution in [0.1, 0.15) is 5.56 Å². The third kappa shape index (κ3) is 3.12. The van der Waals surface area contributed by atoms with Gasteiger partial charge in [-0.25, -0.2) is 8.42 Å². The molecule has 1 aromatic carbocycles. The average Bonchev–Trinajstić information content (AvgIpc) is 2.14. The predicted molar refractivity (Wildman–Crippen MR) is 57.2 cm³/mol. The van der Waals surface area contributed by atoms with Crippen LogP contribution in [-0.4, -0.2) is 28.3 Å². The van der Waals surface area contributed by atoms with Gasteiger partial charge in [0.15, 0.2) is 9.84 Å². The van der Waals surface area contributed by atoms with Crippen LogP contribution in [0.3, 0.4) is 0 Å². The molecule has 1 N–H and O–H groups in total. The van der Waals surface area contributed by atoms with E-state index in [1.165, 1.54) is 6.26 Å². The summed E-state index contributed by atoms with van der Waals surface area (Å²) in [4.78, 5) is 0.380. The van der Waals surface area contributed by atoms with E-state index in [9.17, 15) is 8.42 Å². The van der Waals surface area contributed by atoms with Crippen LogP contribution in [-0.2, 0) is 16.3 Å². The molecule has 78 valence electrons. The van der Waals surface area contributed by atoms with Gasteiger partial charge in [-0.3, -0.25) is 0 Å². The monoisotopic (exact) mass is 213 g/mol. The first-order chi connectivity index (χ1) is 6.54. The topological polar surface area (TPSA) is 46.2 Å². The van der Waals surface area contributed by atoms with E-state index in [1.54, 1.807) is 12.1 Å². The highest BCUT2D eigenvalue weighted by Gasteiger charge is 2.05. The van der Waals surface area contributed by atoms with Crippen LogP contribution in [0.5, 0.6) is 0 Å². The largest absolute Gasteiger partial charge is 0.319 e. The first kappa shape index (κ1) is 11.2. The van der Waals surface area contributed by atoms with Crippen molar-refractivity contribution >= 4 is 9.84 Å². The van der Waals surface area contributed by atoms with Crippen molar-refractivity contribution in [3.63, 3.8) is 0 Å². The molecule has 0 unspecified atom stereocenters. The lowest BCUT2D eigenvalue weighted by Crippen LogP contribution is -2.10. The molecule has 0 aliphatic carbocycles. The van der Waals surface area contributed by atoms with Gasteiger partial charge in [0.05, 0.1) is 4.90 Å². The minimum Gasteiger partial charge on any atom is -0.319 e. The Balaban J connectivity index is 2.79. The molecular formula is C10H15NO2S. The fourth-order valence-electron chi connectivity index (χ4n) is 1.17. The number of rotatable bonds is 4. The van der Waals surface area contributed by atoms with Crippen molar-refractivity contribution in [3.8, 4) is 0 Å². The predicted octanol–water partition coefficient (Wildman–Crippen LogP) is 0.852. The van der Waals surface area contributed by atoms with Crippen molar-refractivity contribution in [2.24, 2.45) is 0 Å². The molecule has 0 heterocycles. The number of benzene rings is 1. The Bertz CT molecular complexity index is 381. The molecule has 14 heavy (non-hydrogen) atoms. The fourth-order valence-corrected chi connectivity index (χ4v) is 1.80. The van der Waals surface area contributed by atoms with E-state index in [0.29, 0.717) is 4.90 Å². The Morgan fingerprint density at radius 2 is 1.79 bits per heavy atom. The summed E-state index contributed by atoms with van der Waals surface area (Å²) < 4.78 is 22.3. The lowest BCUT2D eigenvalue weighted by atomic mass is 10.1. The van der Waals surface area contributed by atoms with Crippen LogP contribution in [0.15, 0.2) is 29.2 Å². The highest BCUT2D eigenvalue weighted by Crippen LogP contribution is 2.10. The van der Waals surface area contributed by atoms with Gasteiger partial charge < -0.3 is 5.32 Å². The van der Waals surface area contributed by atoms with E-state index < -0.39 is 9.84 Å². The summed E-state index contributed by atoms with van der Waals surface area (Å²) >= 11 is 0. The summed E-state index contributed by atoms with van der Waals surface area (Å²) in [7, 11) is -1.16. The van der Waals surface area contributed by atoms with E-state index >= 15 is 0 Å². The molecule has 0 aliphatic rings. The Labute approximate surface area is 85.1 Å². The molecule has 1 rings (SSSR count). The van der Waals surface area contributed by atoms with Crippen molar-refractivity contribution < 1.29 is 8.42 Å². The van der Waals surface area contributed by atoms with Gasteiger partial charge in [-0.05, 0) is 37.7 Å². The Morgan fingerprint density at radius 1 is 1.21 bits per heavy atom. The zero-order valence-electron chi connectivity index (χ0n) is 8.45. The molecule has 0 spiro atoms. The van der Waals surface area contributed by atoms with Crippen LogP contribution < -0.4 is 5.32 Å². The van der Waals surface area contributed by atoms with Gasteiger partial charge >= 0.3 is 0 Å². The Hall–Kier alpha value is -0.870. The molecule has 0 bridgehead atoms. The van der Waals surface area contributed by atoms with Gasteiger partial charge in [0.25, 0.3) is 0 Å². The highest BCUT2D eigenvalue weighted by atomic mass is 32.2. The van der Waals surface area contributed by atoms with Gasteiger partial charge in [-0.1, -0.05) is 12.1 Å². The van der Waals surface area contributed by atoms with Crippen molar-refractivity contribution in [1.29, 1.82) is 0 Å². The van der Waals surface area contributed by atoms with Gasteiger partial charge in [0.2, 0.25) is 0 Å². The molecule has 0 aromatic heterocycles. The molecular weight excluding hydrogens is 198 g/mol. The quantitative estimate of drug-likeness (QED) is 0.806. The van der Waals surface area contributed by atoms with Gasteiger partial charge in [-0.15, -0.1) is 0 Å². The maximum atomic E-state index is 11.1. The molecule has 0 radical (unpaired) electrons. The maximum Gasteiger partial charge on any atom is 0.175 e. The highest BCUT2D eigenvalue weighted by molar-refractivity contribution is 7.90. The molecule has 0 fully saturated rings. The first-order valence-electron chi connectivity index (χ1n) is 4.47. The number of likely N-dealkylation sites (N-methyl/N-ethyl adjacent to an activating group) is 1. The molecule has 3 nitrogen and oxygen atoms in total. The minimum atomic E-state index is -3.06. The Morgan fingerprint density at radius 3 is 2.21 bits per heavy atom. The molecule has 0 atom stereocenters. The van der Waals surface area contributed by atoms with Crippen molar-refractivity contribution in [3.05, 3.63) is 29.8 Å². The van der Waals surface area contributed by atoms with E-state index in [-0.39, 0.29) is 0 Å². The SMILES string of the molecule is CNCCc1ccc(S(C)(=O)=O)cc1. The van der Waals surface area contributed by atoms with Gasteiger partial charge in [0.1, 0.15) is 0 Å². The summed E-state index contributed by atoms with van der Waals surface area (Å²) in [6.45, 7) is 0.901. The molecule has 0 aliphatic heterocycles. The normalized spacial score (nSPS) is 11.6. The number of hydrogen-bond donors (Lipinski definition) is 1. The second kappa shape index (κ2) is 4.57. The molecule has 0 saturated carbocycles. The van der Waals surface area contributed by atoms with Crippen molar-refractivity contribution in [2.75, 3.05) is 19.8 Å². The standard InChI is InChI=1S/C10H15NO2S/c1-11-8-7-9-3-5-10(6-4-9)14(2,12)13/h3-6,11H,7-8H2,1-2H3. The molecule has 4 heteroatoms. The summed E-state index contributed by atoms with van der Waals surface area (Å²) in [5.41, 5.74) is 1.15. The molecule has 0 amide bonds. The number of nitrogens with one attached hydrogen (secondary N) is 1. The fraction of sp³-hybridized carbons (Fsp3) is 0.400. The third-order valence-corrected chi connectivity index (χ3v) is 3.14. The number of hydrogen-bond acceptors (Lipinski definition) is 3. The van der Waals surface area contributed by atoms with E-state index in [0.717, 1.165) is 18.5 Å². The molecule has 0 saturated heterocycles. The minimum absolute atomic E-state index is 0.380. The zero-order chi connectivity index (χ0) is 10.6. The van der Waals surface area contributed by atoms with E-state index in [2.05, 4.69) is 5.32 Å². The van der Waals surface area contributed by atoms with Crippen molar-refractivity contribution in [1.82, 2.24) is 5.32 Å². The first-order valence-corrected chi connectivity index (χ1v) is 6.37. The lowest BCUT2D eigenvalue weighted by molar-refractivity contribution is 0.602. The summed E-state index contributed by atoms with van der Waals surface area (Å²) in [6, 6.07) is 7.02. The van der Waals surface area contributed by atoms with E-state index in [1.807, 2.05) is 19.2 Å². The smallest absolute Gasteiger partial charge is 0.175 e. The second-order valence-electron chi connectivity index (χ2n) is 3.27. The summed E-state index contributed by atoms with van der Waals surface area (Å²) in [6.07, 6.45) is 2.14. The maximum absolute atomic E-state index is 11.1. The van der Waals surface area contributed by atoms with Crippen molar-refractivity contribution in [2.45, 2.75) is 11.3 Å². The second-order valence-corrected chi connectivity index (χ2v) is 5.29. The zero-order valence-corrected chi connectivity index (χ0v) is 9.26. The van der Waals surface area contributed by atoms with Crippen LogP contribution in [0, 0.1) is 0 Å². The summed E-state index contributed by atoms with van der Waals surface area (Å²) in [5, 5.41) is 3.04. The van der Waals surface area contributed by atoms with Gasteiger partial charge in [-0.2, -0.15) is 0 Å². The number of sulfone groups is 1. The summed E-state index contributed by atoms with van der Waals surface area (Å²) in [5.74, 6) is 0. The average molecular weight is 213 g/mol. The lowest BCUT2D eigenvalue weighted by Gasteiger charge is -2.02. The van der Waals surface area contributed by atoms with Crippen LogP contribution in [0.25, 0.3) is 0 Å². The Kier molecular flexibility index (Phi) is 3.66. The van der Waals surface area contributed by atoms with Crippen LogP contribution in [0.2, 0.25) is 0 Å². The van der Waals surface area contributed by atoms with Crippen LogP contribution >= 0.6 is 0 Å². The van der Waals surface area contributed by atoms with Crippen LogP contribution in [0.4, 0.5) is 0 Å². The van der Waals surface area contributed by atoms with E-state index in [4.69, 9.17) is 0 Å². The van der Waals surface area contributed by atoms with Gasteiger partial charge in [0, 0.05) is 6.26 Å². The third-order valence-electron chi connectivity index (χ3n) is 2.02.